The number of aromatic nitrogens is 3. The lowest BCUT2D eigenvalue weighted by Gasteiger charge is -2.05. The molecule has 1 N–H and O–H groups in total. The van der Waals surface area contributed by atoms with E-state index in [0.717, 1.165) is 11.1 Å². The van der Waals surface area contributed by atoms with Crippen LogP contribution in [0.25, 0.3) is 0 Å². The molecule has 0 amide bonds. The lowest BCUT2D eigenvalue weighted by Crippen LogP contribution is -2.17. The molecule has 4 nitrogen and oxygen atoms in total. The second-order valence-corrected chi connectivity index (χ2v) is 7.48. The molecule has 0 bridgehead atoms. The zero-order chi connectivity index (χ0) is 17.8. The maximum absolute atomic E-state index is 12.2. The molecule has 3 aromatic rings. The van der Waals surface area contributed by atoms with Crippen molar-refractivity contribution >= 4 is 46.6 Å². The van der Waals surface area contributed by atoms with E-state index >= 15 is 0 Å². The van der Waals surface area contributed by atoms with Gasteiger partial charge < -0.3 is 0 Å². The number of aromatic amines is 1. The van der Waals surface area contributed by atoms with Gasteiger partial charge in [0.05, 0.1) is 0 Å². The number of thioether (sulfide) groups is 1. The van der Waals surface area contributed by atoms with E-state index in [1.54, 1.807) is 24.3 Å². The lowest BCUT2D eigenvalue weighted by molar-refractivity contribution is 0.772. The Labute approximate surface area is 163 Å². The number of nitrogens with one attached hydrogen (secondary N) is 1. The van der Waals surface area contributed by atoms with Crippen LogP contribution in [0, 0.1) is 0 Å². The second kappa shape index (κ2) is 8.23. The first-order valence-corrected chi connectivity index (χ1v) is 9.40. The molecule has 0 aliphatic rings. The van der Waals surface area contributed by atoms with E-state index in [1.807, 2.05) is 18.2 Å². The zero-order valence-electron chi connectivity index (χ0n) is 12.8. The molecule has 1 heterocycles. The van der Waals surface area contributed by atoms with Crippen molar-refractivity contribution < 1.29 is 0 Å². The number of hydrogen-bond donors (Lipinski definition) is 1. The van der Waals surface area contributed by atoms with Gasteiger partial charge >= 0.3 is 0 Å². The number of rotatable bonds is 5. The van der Waals surface area contributed by atoms with Crippen LogP contribution < -0.4 is 5.56 Å². The van der Waals surface area contributed by atoms with Gasteiger partial charge in [0, 0.05) is 27.2 Å². The Bertz CT molecular complexity index is 945. The van der Waals surface area contributed by atoms with Gasteiger partial charge in [0.2, 0.25) is 0 Å². The molecule has 8 heteroatoms. The Kier molecular flexibility index (Phi) is 6.02. The molecule has 128 valence electrons. The van der Waals surface area contributed by atoms with Gasteiger partial charge in [-0.25, -0.2) is 0 Å². The average molecular weight is 413 g/mol. The van der Waals surface area contributed by atoms with Gasteiger partial charge in [-0.05, 0) is 35.4 Å². The van der Waals surface area contributed by atoms with Gasteiger partial charge in [-0.1, -0.05) is 64.8 Å². The fourth-order valence-corrected chi connectivity index (χ4v) is 3.59. The fourth-order valence-electron chi connectivity index (χ4n) is 2.11. The summed E-state index contributed by atoms with van der Waals surface area (Å²) >= 11 is 19.2. The van der Waals surface area contributed by atoms with Crippen molar-refractivity contribution in [2.75, 3.05) is 0 Å². The summed E-state index contributed by atoms with van der Waals surface area (Å²) in [5.41, 5.74) is 1.95. The predicted molar refractivity (Wildman–Crippen MR) is 103 cm³/mol. The predicted octanol–water partition coefficient (Wildman–Crippen LogP) is 5.01. The highest BCUT2D eigenvalue weighted by atomic mass is 35.5. The zero-order valence-corrected chi connectivity index (χ0v) is 15.9. The minimum absolute atomic E-state index is 0.255. The van der Waals surface area contributed by atoms with Crippen molar-refractivity contribution in [2.24, 2.45) is 0 Å². The number of halogens is 3. The van der Waals surface area contributed by atoms with Crippen LogP contribution in [0.5, 0.6) is 0 Å². The average Bonchev–Trinajstić information content (AvgIpc) is 2.58. The highest BCUT2D eigenvalue weighted by Gasteiger charge is 2.08. The molecular weight excluding hydrogens is 401 g/mol. The van der Waals surface area contributed by atoms with E-state index in [-0.39, 0.29) is 5.56 Å². The molecule has 0 atom stereocenters. The van der Waals surface area contributed by atoms with Crippen molar-refractivity contribution in [3.63, 3.8) is 0 Å². The molecule has 0 aliphatic heterocycles. The van der Waals surface area contributed by atoms with Gasteiger partial charge in [-0.15, -0.1) is 10.2 Å². The first-order chi connectivity index (χ1) is 12.0. The molecule has 0 radical (unpaired) electrons. The molecule has 3 rings (SSSR count). The summed E-state index contributed by atoms with van der Waals surface area (Å²) in [6.45, 7) is 0. The Balaban J connectivity index is 1.69. The van der Waals surface area contributed by atoms with Crippen LogP contribution in [-0.4, -0.2) is 15.2 Å². The van der Waals surface area contributed by atoms with Crippen molar-refractivity contribution in [1.82, 2.24) is 15.2 Å². The number of benzene rings is 2. The van der Waals surface area contributed by atoms with Crippen LogP contribution in [0.3, 0.4) is 0 Å². The summed E-state index contributed by atoms with van der Waals surface area (Å²) in [6.07, 6.45) is 0.396. The van der Waals surface area contributed by atoms with Gasteiger partial charge in [0.25, 0.3) is 5.56 Å². The smallest absolute Gasteiger partial charge is 0.273 e. The largest absolute Gasteiger partial charge is 0.298 e. The molecule has 0 saturated carbocycles. The van der Waals surface area contributed by atoms with Crippen LogP contribution >= 0.6 is 46.6 Å². The third-order valence-electron chi connectivity index (χ3n) is 3.41. The van der Waals surface area contributed by atoms with Gasteiger partial charge in [0.15, 0.2) is 5.16 Å². The third-order valence-corrected chi connectivity index (χ3v) is 5.16. The lowest BCUT2D eigenvalue weighted by atomic mass is 10.1. The monoisotopic (exact) mass is 411 g/mol. The molecular formula is C17H12Cl3N3OS. The standard InChI is InChI=1S/C17H12Cl3N3OS/c18-12-4-1-10(2-5-12)7-15-16(24)21-17(23-22-15)25-9-11-3-6-13(19)8-14(11)20/h1-6,8H,7,9H2,(H,21,23,24). The second-order valence-electron chi connectivity index (χ2n) is 5.23. The minimum Gasteiger partial charge on any atom is -0.298 e. The summed E-state index contributed by atoms with van der Waals surface area (Å²) in [4.78, 5) is 14.9. The maximum Gasteiger partial charge on any atom is 0.273 e. The van der Waals surface area contributed by atoms with Crippen LogP contribution in [0.1, 0.15) is 16.8 Å². The van der Waals surface area contributed by atoms with E-state index in [9.17, 15) is 4.79 Å². The number of H-pyrrole nitrogens is 1. The highest BCUT2D eigenvalue weighted by molar-refractivity contribution is 7.98. The van der Waals surface area contributed by atoms with Gasteiger partial charge in [0.1, 0.15) is 5.69 Å². The quantitative estimate of drug-likeness (QED) is 0.599. The topological polar surface area (TPSA) is 58.6 Å². The van der Waals surface area contributed by atoms with E-state index in [0.29, 0.717) is 38.1 Å². The molecule has 2 aromatic carbocycles. The van der Waals surface area contributed by atoms with Crippen LogP contribution in [-0.2, 0) is 12.2 Å². The molecule has 0 spiro atoms. The number of nitrogens with zero attached hydrogens (tertiary/aromatic N) is 2. The van der Waals surface area contributed by atoms with Crippen molar-refractivity contribution in [2.45, 2.75) is 17.3 Å². The molecule has 0 saturated heterocycles. The first-order valence-electron chi connectivity index (χ1n) is 7.28. The van der Waals surface area contributed by atoms with Crippen LogP contribution in [0.15, 0.2) is 52.4 Å². The van der Waals surface area contributed by atoms with Crippen molar-refractivity contribution in [3.05, 3.63) is 84.7 Å². The third kappa shape index (κ3) is 4.98. The molecule has 1 aromatic heterocycles. The Morgan fingerprint density at radius 3 is 2.36 bits per heavy atom. The Hall–Kier alpha value is -1.53. The number of hydrogen-bond acceptors (Lipinski definition) is 4. The van der Waals surface area contributed by atoms with E-state index in [4.69, 9.17) is 34.8 Å². The maximum atomic E-state index is 12.2. The summed E-state index contributed by atoms with van der Waals surface area (Å²) in [6, 6.07) is 12.6. The van der Waals surface area contributed by atoms with Crippen molar-refractivity contribution in [3.8, 4) is 0 Å². The minimum atomic E-state index is -0.255. The summed E-state index contributed by atoms with van der Waals surface area (Å²) < 4.78 is 0. The molecule has 0 aliphatic carbocycles. The summed E-state index contributed by atoms with van der Waals surface area (Å²) in [7, 11) is 0. The first kappa shape index (κ1) is 18.3. The normalized spacial score (nSPS) is 10.8. The summed E-state index contributed by atoms with van der Waals surface area (Å²) in [5, 5.41) is 10.4. The Morgan fingerprint density at radius 2 is 1.68 bits per heavy atom. The molecule has 0 fully saturated rings. The van der Waals surface area contributed by atoms with Crippen molar-refractivity contribution in [1.29, 1.82) is 0 Å². The fraction of sp³-hybridized carbons (Fsp3) is 0.118. The van der Waals surface area contributed by atoms with E-state index in [1.165, 1.54) is 11.8 Å². The van der Waals surface area contributed by atoms with E-state index < -0.39 is 0 Å². The van der Waals surface area contributed by atoms with Gasteiger partial charge in [-0.3, -0.25) is 9.78 Å². The van der Waals surface area contributed by atoms with Crippen LogP contribution in [0.2, 0.25) is 15.1 Å². The molecule has 25 heavy (non-hydrogen) atoms. The van der Waals surface area contributed by atoms with Gasteiger partial charge in [-0.2, -0.15) is 0 Å². The SMILES string of the molecule is O=c1[nH]c(SCc2ccc(Cl)cc2Cl)nnc1Cc1ccc(Cl)cc1. The summed E-state index contributed by atoms with van der Waals surface area (Å²) in [5.74, 6) is 0.553. The molecule has 0 unspecified atom stereocenters. The van der Waals surface area contributed by atoms with E-state index in [2.05, 4.69) is 15.2 Å². The highest BCUT2D eigenvalue weighted by Crippen LogP contribution is 2.26. The Morgan fingerprint density at radius 1 is 0.960 bits per heavy atom. The van der Waals surface area contributed by atoms with Crippen LogP contribution in [0.4, 0.5) is 0 Å².